The summed E-state index contributed by atoms with van der Waals surface area (Å²) in [6, 6.07) is 10.7. The van der Waals surface area contributed by atoms with E-state index in [-0.39, 0.29) is 11.1 Å². The van der Waals surface area contributed by atoms with Crippen molar-refractivity contribution in [3.05, 3.63) is 70.7 Å². The standard InChI is InChI=1S/C22H20FNO5/c1-13-19(22(26)29-4)17(12-14-6-5-7-18(27-2)20(14)28-3)21(25)24(13)16-10-8-15(23)9-11-16/h5-12H,1-4H3/b17-12-. The minimum absolute atomic E-state index is 0.131. The van der Waals surface area contributed by atoms with Crippen molar-refractivity contribution in [1.82, 2.24) is 0 Å². The molecule has 0 bridgehead atoms. The highest BCUT2D eigenvalue weighted by Crippen LogP contribution is 2.38. The number of esters is 1. The molecule has 3 rings (SSSR count). The molecule has 2 aromatic carbocycles. The number of halogens is 1. The zero-order valence-electron chi connectivity index (χ0n) is 16.5. The molecule has 0 unspecified atom stereocenters. The molecule has 7 heteroatoms. The number of anilines is 1. The normalized spacial score (nSPS) is 15.1. The van der Waals surface area contributed by atoms with Crippen LogP contribution in [0.3, 0.4) is 0 Å². The minimum Gasteiger partial charge on any atom is -0.493 e. The lowest BCUT2D eigenvalue weighted by Gasteiger charge is -2.17. The van der Waals surface area contributed by atoms with Crippen LogP contribution in [0, 0.1) is 5.82 Å². The summed E-state index contributed by atoms with van der Waals surface area (Å²) in [4.78, 5) is 27.0. The van der Waals surface area contributed by atoms with Crippen molar-refractivity contribution in [2.75, 3.05) is 26.2 Å². The molecule has 0 saturated carbocycles. The summed E-state index contributed by atoms with van der Waals surface area (Å²) >= 11 is 0. The van der Waals surface area contributed by atoms with Gasteiger partial charge in [-0.2, -0.15) is 0 Å². The summed E-state index contributed by atoms with van der Waals surface area (Å²) in [5, 5.41) is 0. The lowest BCUT2D eigenvalue weighted by atomic mass is 10.0. The fraction of sp³-hybridized carbons (Fsp3) is 0.182. The molecule has 2 aromatic rings. The second-order valence-electron chi connectivity index (χ2n) is 6.21. The van der Waals surface area contributed by atoms with Gasteiger partial charge in [0.2, 0.25) is 0 Å². The van der Waals surface area contributed by atoms with Gasteiger partial charge in [0.1, 0.15) is 5.82 Å². The van der Waals surface area contributed by atoms with Crippen LogP contribution in [0.4, 0.5) is 10.1 Å². The maximum atomic E-state index is 13.3. The Bertz CT molecular complexity index is 1020. The predicted octanol–water partition coefficient (Wildman–Crippen LogP) is 3.72. The number of hydrogen-bond acceptors (Lipinski definition) is 5. The third-order valence-electron chi connectivity index (χ3n) is 4.61. The molecule has 29 heavy (non-hydrogen) atoms. The zero-order chi connectivity index (χ0) is 21.1. The Morgan fingerprint density at radius 1 is 1.03 bits per heavy atom. The number of carbonyl (C=O) groups is 2. The summed E-state index contributed by atoms with van der Waals surface area (Å²) in [6.07, 6.45) is 1.56. The molecule has 0 atom stereocenters. The Balaban J connectivity index is 2.18. The van der Waals surface area contributed by atoms with E-state index >= 15 is 0 Å². The average molecular weight is 397 g/mol. The van der Waals surface area contributed by atoms with Crippen molar-refractivity contribution < 1.29 is 28.2 Å². The van der Waals surface area contributed by atoms with Gasteiger partial charge in [-0.25, -0.2) is 9.18 Å². The van der Waals surface area contributed by atoms with E-state index < -0.39 is 17.7 Å². The van der Waals surface area contributed by atoms with Crippen LogP contribution in [-0.2, 0) is 14.3 Å². The molecule has 0 fully saturated rings. The van der Waals surface area contributed by atoms with Crippen LogP contribution in [0.15, 0.2) is 59.3 Å². The molecule has 1 heterocycles. The van der Waals surface area contributed by atoms with Crippen LogP contribution in [0.1, 0.15) is 12.5 Å². The zero-order valence-corrected chi connectivity index (χ0v) is 16.5. The lowest BCUT2D eigenvalue weighted by molar-refractivity contribution is -0.136. The Morgan fingerprint density at radius 3 is 2.31 bits per heavy atom. The first-order valence-electron chi connectivity index (χ1n) is 8.75. The molecule has 6 nitrogen and oxygen atoms in total. The van der Waals surface area contributed by atoms with Crippen molar-refractivity contribution in [2.24, 2.45) is 0 Å². The molecule has 1 aliphatic heterocycles. The second-order valence-corrected chi connectivity index (χ2v) is 6.21. The number of rotatable bonds is 5. The average Bonchev–Trinajstić information content (AvgIpc) is 2.97. The molecule has 0 N–H and O–H groups in total. The van der Waals surface area contributed by atoms with E-state index in [1.807, 2.05) is 0 Å². The molecule has 0 spiro atoms. The van der Waals surface area contributed by atoms with E-state index in [1.165, 1.54) is 50.5 Å². The highest BCUT2D eigenvalue weighted by atomic mass is 19.1. The van der Waals surface area contributed by atoms with Gasteiger partial charge in [-0.1, -0.05) is 12.1 Å². The minimum atomic E-state index is -0.645. The van der Waals surface area contributed by atoms with Crippen molar-refractivity contribution >= 4 is 23.6 Å². The fourth-order valence-corrected chi connectivity index (χ4v) is 3.26. The molecular formula is C22H20FNO5. The molecule has 150 valence electrons. The fourth-order valence-electron chi connectivity index (χ4n) is 3.26. The van der Waals surface area contributed by atoms with Crippen LogP contribution in [0.2, 0.25) is 0 Å². The van der Waals surface area contributed by atoms with Crippen LogP contribution >= 0.6 is 0 Å². The van der Waals surface area contributed by atoms with Crippen LogP contribution in [-0.4, -0.2) is 33.2 Å². The van der Waals surface area contributed by atoms with E-state index in [0.717, 1.165) is 0 Å². The smallest absolute Gasteiger partial charge is 0.340 e. The van der Waals surface area contributed by atoms with Crippen LogP contribution in [0.25, 0.3) is 6.08 Å². The summed E-state index contributed by atoms with van der Waals surface area (Å²) < 4.78 is 28.9. The topological polar surface area (TPSA) is 65.1 Å². The molecule has 1 aliphatic rings. The number of ether oxygens (including phenoxy) is 3. The number of para-hydroxylation sites is 1. The van der Waals surface area contributed by atoms with E-state index in [2.05, 4.69) is 0 Å². The molecule has 1 amide bonds. The Kier molecular flexibility index (Phi) is 5.68. The van der Waals surface area contributed by atoms with Gasteiger partial charge in [0.15, 0.2) is 11.5 Å². The monoisotopic (exact) mass is 397 g/mol. The van der Waals surface area contributed by atoms with Crippen LogP contribution in [0.5, 0.6) is 11.5 Å². The van der Waals surface area contributed by atoms with Crippen molar-refractivity contribution in [1.29, 1.82) is 0 Å². The largest absolute Gasteiger partial charge is 0.493 e. The number of hydrogen-bond donors (Lipinski definition) is 0. The number of allylic oxidation sites excluding steroid dienone is 1. The van der Waals surface area contributed by atoms with E-state index in [4.69, 9.17) is 14.2 Å². The summed E-state index contributed by atoms with van der Waals surface area (Å²) in [5.41, 5.74) is 1.67. The maximum absolute atomic E-state index is 13.3. The number of amides is 1. The second kappa shape index (κ2) is 8.18. The van der Waals surface area contributed by atoms with Gasteiger partial charge in [-0.05, 0) is 43.3 Å². The van der Waals surface area contributed by atoms with E-state index in [1.54, 1.807) is 31.2 Å². The van der Waals surface area contributed by atoms with Crippen molar-refractivity contribution in [3.63, 3.8) is 0 Å². The molecule has 0 radical (unpaired) electrons. The summed E-state index contributed by atoms with van der Waals surface area (Å²) in [5.74, 6) is -0.583. The Labute approximate surface area is 167 Å². The van der Waals surface area contributed by atoms with Crippen LogP contribution < -0.4 is 14.4 Å². The highest BCUT2D eigenvalue weighted by molar-refractivity contribution is 6.23. The van der Waals surface area contributed by atoms with Gasteiger partial charge in [0.25, 0.3) is 5.91 Å². The first-order valence-corrected chi connectivity index (χ1v) is 8.75. The number of methoxy groups -OCH3 is 3. The molecule has 0 saturated heterocycles. The van der Waals surface area contributed by atoms with Gasteiger partial charge in [-0.15, -0.1) is 0 Å². The van der Waals surface area contributed by atoms with Gasteiger partial charge in [-0.3, -0.25) is 9.69 Å². The van der Waals surface area contributed by atoms with E-state index in [0.29, 0.717) is 28.4 Å². The van der Waals surface area contributed by atoms with Gasteiger partial charge < -0.3 is 14.2 Å². The Hall–Kier alpha value is -3.61. The quantitative estimate of drug-likeness (QED) is 0.568. The van der Waals surface area contributed by atoms with Gasteiger partial charge >= 0.3 is 5.97 Å². The maximum Gasteiger partial charge on any atom is 0.340 e. The lowest BCUT2D eigenvalue weighted by Crippen LogP contribution is -2.24. The number of nitrogens with zero attached hydrogens (tertiary/aromatic N) is 1. The third kappa shape index (κ3) is 3.59. The number of benzene rings is 2. The first-order chi connectivity index (χ1) is 13.9. The summed E-state index contributed by atoms with van der Waals surface area (Å²) in [6.45, 7) is 1.64. The third-order valence-corrected chi connectivity index (χ3v) is 4.61. The summed E-state index contributed by atoms with van der Waals surface area (Å²) in [7, 11) is 4.25. The first kappa shape index (κ1) is 20.1. The van der Waals surface area contributed by atoms with Gasteiger partial charge in [0.05, 0.1) is 32.5 Å². The molecular weight excluding hydrogens is 377 g/mol. The molecule has 0 aliphatic carbocycles. The Morgan fingerprint density at radius 2 is 1.72 bits per heavy atom. The van der Waals surface area contributed by atoms with E-state index in [9.17, 15) is 14.0 Å². The highest BCUT2D eigenvalue weighted by Gasteiger charge is 2.38. The number of carbonyl (C=O) groups excluding carboxylic acids is 2. The molecule has 0 aromatic heterocycles. The van der Waals surface area contributed by atoms with Crippen molar-refractivity contribution in [2.45, 2.75) is 6.92 Å². The predicted molar refractivity (Wildman–Crippen MR) is 106 cm³/mol. The van der Waals surface area contributed by atoms with Crippen molar-refractivity contribution in [3.8, 4) is 11.5 Å². The SMILES string of the molecule is COC(=O)C1=C(C)N(c2ccc(F)cc2)C(=O)/C1=C\c1cccc(OC)c1OC. The van der Waals surface area contributed by atoms with Gasteiger partial charge in [0, 0.05) is 16.9 Å².